The van der Waals surface area contributed by atoms with E-state index < -0.39 is 11.6 Å². The smallest absolute Gasteiger partial charge is 0.410 e. The highest BCUT2D eigenvalue weighted by Gasteiger charge is 2.39. The summed E-state index contributed by atoms with van der Waals surface area (Å²) in [7, 11) is 0. The summed E-state index contributed by atoms with van der Waals surface area (Å²) in [6, 6.07) is 0. The summed E-state index contributed by atoms with van der Waals surface area (Å²) in [5.74, 6) is -0.257. The number of carboxylic acids is 1. The molecular weight excluding hydrogens is 306 g/mol. The normalized spacial score (nSPS) is 22.0. The highest BCUT2D eigenvalue weighted by atomic mass is 16.6. The van der Waals surface area contributed by atoms with Gasteiger partial charge in [-0.25, -0.2) is 4.79 Å². The maximum atomic E-state index is 12.2. The number of allylic oxidation sites excluding steroid dienone is 1. The van der Waals surface area contributed by atoms with Gasteiger partial charge < -0.3 is 14.7 Å². The third-order valence-electron chi connectivity index (χ3n) is 5.27. The summed E-state index contributed by atoms with van der Waals surface area (Å²) in [5.41, 5.74) is -0.0672. The molecule has 1 spiro atoms. The van der Waals surface area contributed by atoms with Crippen molar-refractivity contribution >= 4 is 12.1 Å². The first-order valence-corrected chi connectivity index (χ1v) is 9.06. The van der Waals surface area contributed by atoms with Crippen molar-refractivity contribution in [2.45, 2.75) is 71.3 Å². The fraction of sp³-hybridized carbons (Fsp3) is 0.789. The lowest BCUT2D eigenvalue weighted by atomic mass is 9.65. The zero-order valence-electron chi connectivity index (χ0n) is 15.2. The van der Waals surface area contributed by atoms with Gasteiger partial charge >= 0.3 is 12.1 Å². The van der Waals surface area contributed by atoms with Crippen LogP contribution in [0.5, 0.6) is 0 Å². The van der Waals surface area contributed by atoms with Crippen LogP contribution in [0.1, 0.15) is 65.7 Å². The van der Waals surface area contributed by atoms with Crippen molar-refractivity contribution in [1.29, 1.82) is 0 Å². The van der Waals surface area contributed by atoms with Crippen molar-refractivity contribution in [3.05, 3.63) is 12.2 Å². The van der Waals surface area contributed by atoms with Crippen LogP contribution < -0.4 is 0 Å². The zero-order valence-corrected chi connectivity index (χ0v) is 15.2. The van der Waals surface area contributed by atoms with Gasteiger partial charge in [-0.15, -0.1) is 0 Å². The number of hydrogen-bond acceptors (Lipinski definition) is 3. The Kier molecular flexibility index (Phi) is 5.94. The summed E-state index contributed by atoms with van der Waals surface area (Å²) in [4.78, 5) is 24.6. The Morgan fingerprint density at radius 2 is 1.75 bits per heavy atom. The molecule has 0 bridgehead atoms. The van der Waals surface area contributed by atoms with Crippen LogP contribution in [-0.4, -0.2) is 40.8 Å². The monoisotopic (exact) mass is 337 g/mol. The van der Waals surface area contributed by atoms with E-state index in [1.54, 1.807) is 6.08 Å². The molecule has 1 saturated heterocycles. The Morgan fingerprint density at radius 1 is 1.17 bits per heavy atom. The predicted molar refractivity (Wildman–Crippen MR) is 92.8 cm³/mol. The van der Waals surface area contributed by atoms with Crippen molar-refractivity contribution < 1.29 is 19.4 Å². The van der Waals surface area contributed by atoms with Gasteiger partial charge in [0.15, 0.2) is 0 Å². The van der Waals surface area contributed by atoms with Gasteiger partial charge in [-0.3, -0.25) is 4.79 Å². The second-order valence-corrected chi connectivity index (χ2v) is 8.33. The van der Waals surface area contributed by atoms with Crippen LogP contribution in [0, 0.1) is 11.3 Å². The molecule has 2 fully saturated rings. The van der Waals surface area contributed by atoms with Gasteiger partial charge in [0.2, 0.25) is 0 Å². The van der Waals surface area contributed by atoms with E-state index in [4.69, 9.17) is 9.84 Å². The van der Waals surface area contributed by atoms with Crippen molar-refractivity contribution in [1.82, 2.24) is 4.90 Å². The first-order valence-electron chi connectivity index (χ1n) is 9.06. The molecule has 0 aromatic heterocycles. The number of nitrogens with zero attached hydrogens (tertiary/aromatic N) is 1. The second kappa shape index (κ2) is 7.58. The molecule has 2 aliphatic rings. The molecule has 0 radical (unpaired) electrons. The molecule has 5 heteroatoms. The van der Waals surface area contributed by atoms with Crippen molar-refractivity contribution in [2.24, 2.45) is 11.3 Å². The van der Waals surface area contributed by atoms with E-state index in [0.29, 0.717) is 11.3 Å². The van der Waals surface area contributed by atoms with Crippen LogP contribution in [-0.2, 0) is 9.53 Å². The number of amides is 1. The predicted octanol–water partition coefficient (Wildman–Crippen LogP) is 4.22. The lowest BCUT2D eigenvalue weighted by Crippen LogP contribution is -2.46. The Balaban J connectivity index is 1.77. The molecule has 0 aromatic rings. The van der Waals surface area contributed by atoms with Gasteiger partial charge in [-0.2, -0.15) is 0 Å². The summed E-state index contributed by atoms with van der Waals surface area (Å²) in [5, 5.41) is 8.69. The molecule has 1 aliphatic heterocycles. The molecule has 1 saturated carbocycles. The Morgan fingerprint density at radius 3 is 2.25 bits per heavy atom. The molecule has 1 N–H and O–H groups in total. The highest BCUT2D eigenvalue weighted by molar-refractivity contribution is 5.68. The van der Waals surface area contributed by atoms with E-state index >= 15 is 0 Å². The van der Waals surface area contributed by atoms with Gasteiger partial charge in [0, 0.05) is 13.1 Å². The maximum absolute atomic E-state index is 12.2. The quantitative estimate of drug-likeness (QED) is 0.783. The SMILES string of the molecule is CC(C)(C)OC(=O)N1CCC2(CCC(C=CCC(=O)O)CC2)CC1. The van der Waals surface area contributed by atoms with E-state index in [-0.39, 0.29) is 12.5 Å². The molecule has 24 heavy (non-hydrogen) atoms. The van der Waals surface area contributed by atoms with Crippen LogP contribution in [0.2, 0.25) is 0 Å². The molecule has 1 aliphatic carbocycles. The zero-order chi connectivity index (χ0) is 17.8. The van der Waals surface area contributed by atoms with E-state index in [0.717, 1.165) is 38.8 Å². The Labute approximate surface area is 145 Å². The number of rotatable bonds is 3. The Hall–Kier alpha value is -1.52. The van der Waals surface area contributed by atoms with E-state index in [1.807, 2.05) is 25.7 Å². The van der Waals surface area contributed by atoms with Gasteiger partial charge in [0.25, 0.3) is 0 Å². The molecular formula is C19H31NO4. The van der Waals surface area contributed by atoms with E-state index in [2.05, 4.69) is 6.08 Å². The number of piperidine rings is 1. The first kappa shape index (κ1) is 18.8. The molecule has 0 unspecified atom stereocenters. The summed E-state index contributed by atoms with van der Waals surface area (Å²) in [6.45, 7) is 7.27. The second-order valence-electron chi connectivity index (χ2n) is 8.33. The van der Waals surface area contributed by atoms with Crippen LogP contribution in [0.4, 0.5) is 4.79 Å². The van der Waals surface area contributed by atoms with Gasteiger partial charge in [-0.1, -0.05) is 12.2 Å². The fourth-order valence-corrected chi connectivity index (χ4v) is 3.80. The van der Waals surface area contributed by atoms with Crippen molar-refractivity contribution in [3.63, 3.8) is 0 Å². The highest BCUT2D eigenvalue weighted by Crippen LogP contribution is 2.46. The average molecular weight is 337 g/mol. The van der Waals surface area contributed by atoms with Crippen LogP contribution in [0.15, 0.2) is 12.2 Å². The number of carbonyl (C=O) groups excluding carboxylic acids is 1. The van der Waals surface area contributed by atoms with Crippen LogP contribution >= 0.6 is 0 Å². The van der Waals surface area contributed by atoms with Gasteiger partial charge in [0.05, 0.1) is 6.42 Å². The first-order chi connectivity index (χ1) is 11.2. The van der Waals surface area contributed by atoms with Crippen molar-refractivity contribution in [3.8, 4) is 0 Å². The fourth-order valence-electron chi connectivity index (χ4n) is 3.80. The number of aliphatic carboxylic acids is 1. The minimum absolute atomic E-state index is 0.118. The third-order valence-corrected chi connectivity index (χ3v) is 5.27. The molecule has 0 atom stereocenters. The lowest BCUT2D eigenvalue weighted by Gasteiger charge is -2.45. The Bertz CT molecular complexity index is 474. The largest absolute Gasteiger partial charge is 0.481 e. The minimum atomic E-state index is -0.770. The third kappa shape index (κ3) is 5.53. The molecule has 5 nitrogen and oxygen atoms in total. The summed E-state index contributed by atoms with van der Waals surface area (Å²) >= 11 is 0. The number of likely N-dealkylation sites (tertiary alicyclic amines) is 1. The average Bonchev–Trinajstić information content (AvgIpc) is 2.48. The molecule has 2 rings (SSSR count). The minimum Gasteiger partial charge on any atom is -0.481 e. The molecule has 1 amide bonds. The lowest BCUT2D eigenvalue weighted by molar-refractivity contribution is -0.136. The molecule has 0 aromatic carbocycles. The molecule has 1 heterocycles. The van der Waals surface area contributed by atoms with E-state index in [9.17, 15) is 9.59 Å². The van der Waals surface area contributed by atoms with Gasteiger partial charge in [0.1, 0.15) is 5.60 Å². The molecule has 136 valence electrons. The number of carboxylic acid groups (broad SMARTS) is 1. The summed E-state index contributed by atoms with van der Waals surface area (Å²) in [6.07, 6.45) is 10.5. The van der Waals surface area contributed by atoms with Crippen LogP contribution in [0.3, 0.4) is 0 Å². The van der Waals surface area contributed by atoms with Crippen LogP contribution in [0.25, 0.3) is 0 Å². The topological polar surface area (TPSA) is 66.8 Å². The van der Waals surface area contributed by atoms with E-state index in [1.165, 1.54) is 12.8 Å². The summed E-state index contributed by atoms with van der Waals surface area (Å²) < 4.78 is 5.46. The van der Waals surface area contributed by atoms with Gasteiger partial charge in [-0.05, 0) is 70.6 Å². The number of ether oxygens (including phenoxy) is 1. The number of hydrogen-bond donors (Lipinski definition) is 1. The number of carbonyl (C=O) groups is 2. The standard InChI is InChI=1S/C19H31NO4/c1-18(2,3)24-17(23)20-13-11-19(12-14-20)9-7-15(8-10-19)5-4-6-16(21)22/h4-5,15H,6-14H2,1-3H3,(H,21,22). The maximum Gasteiger partial charge on any atom is 0.410 e. The van der Waals surface area contributed by atoms with Crippen molar-refractivity contribution in [2.75, 3.05) is 13.1 Å².